The largest absolute Gasteiger partial charge is 0.374 e. The Morgan fingerprint density at radius 1 is 1.05 bits per heavy atom. The third-order valence-electron chi connectivity index (χ3n) is 4.78. The SMILES string of the molecule is CCCCCCCCCCC(NN)C1(C)CCCCO1. The van der Waals surface area contributed by atoms with E-state index in [4.69, 9.17) is 10.6 Å². The molecule has 0 amide bonds. The zero-order valence-corrected chi connectivity index (χ0v) is 13.8. The molecule has 1 heterocycles. The number of hydrogen-bond acceptors (Lipinski definition) is 3. The van der Waals surface area contributed by atoms with Gasteiger partial charge in [-0.3, -0.25) is 11.3 Å². The molecule has 3 heteroatoms. The lowest BCUT2D eigenvalue weighted by Gasteiger charge is -2.40. The Hall–Kier alpha value is -0.120. The van der Waals surface area contributed by atoms with E-state index in [9.17, 15) is 0 Å². The van der Waals surface area contributed by atoms with Gasteiger partial charge in [-0.1, -0.05) is 58.3 Å². The number of hydrazine groups is 1. The van der Waals surface area contributed by atoms with Crippen molar-refractivity contribution in [3.05, 3.63) is 0 Å². The molecule has 0 aromatic heterocycles. The number of nitrogens with one attached hydrogen (secondary N) is 1. The average Bonchev–Trinajstić information content (AvgIpc) is 2.46. The number of hydrogen-bond donors (Lipinski definition) is 2. The molecule has 1 aliphatic heterocycles. The lowest BCUT2D eigenvalue weighted by Crippen LogP contribution is -2.54. The van der Waals surface area contributed by atoms with E-state index in [1.165, 1.54) is 64.2 Å². The van der Waals surface area contributed by atoms with Crippen LogP contribution in [-0.2, 0) is 4.74 Å². The third-order valence-corrected chi connectivity index (χ3v) is 4.78. The highest BCUT2D eigenvalue weighted by Gasteiger charge is 2.35. The van der Waals surface area contributed by atoms with Gasteiger partial charge < -0.3 is 4.74 Å². The quantitative estimate of drug-likeness (QED) is 0.338. The molecule has 1 aliphatic rings. The molecule has 0 aliphatic carbocycles. The lowest BCUT2D eigenvalue weighted by atomic mass is 9.85. The van der Waals surface area contributed by atoms with Gasteiger partial charge in [0.25, 0.3) is 0 Å². The molecule has 0 radical (unpaired) electrons. The fourth-order valence-corrected chi connectivity index (χ4v) is 3.28. The van der Waals surface area contributed by atoms with Crippen LogP contribution in [0.2, 0.25) is 0 Å². The molecule has 0 spiro atoms. The van der Waals surface area contributed by atoms with Crippen LogP contribution in [0, 0.1) is 0 Å². The number of nitrogens with two attached hydrogens (primary N) is 1. The van der Waals surface area contributed by atoms with Crippen LogP contribution in [0.15, 0.2) is 0 Å². The monoisotopic (exact) mass is 284 g/mol. The van der Waals surface area contributed by atoms with Crippen LogP contribution < -0.4 is 11.3 Å². The third kappa shape index (κ3) is 6.55. The summed E-state index contributed by atoms with van der Waals surface area (Å²) in [7, 11) is 0. The molecule has 2 unspecified atom stereocenters. The van der Waals surface area contributed by atoms with Gasteiger partial charge in [0.2, 0.25) is 0 Å². The first kappa shape index (κ1) is 17.9. The summed E-state index contributed by atoms with van der Waals surface area (Å²) in [6, 6.07) is 0.308. The summed E-state index contributed by atoms with van der Waals surface area (Å²) in [5.74, 6) is 5.75. The Morgan fingerprint density at radius 3 is 2.25 bits per heavy atom. The summed E-state index contributed by atoms with van der Waals surface area (Å²) in [5, 5.41) is 0. The fourth-order valence-electron chi connectivity index (χ4n) is 3.28. The lowest BCUT2D eigenvalue weighted by molar-refractivity contribution is -0.0904. The van der Waals surface area contributed by atoms with E-state index in [0.29, 0.717) is 6.04 Å². The Morgan fingerprint density at radius 2 is 1.70 bits per heavy atom. The molecule has 120 valence electrons. The van der Waals surface area contributed by atoms with Crippen molar-refractivity contribution in [2.75, 3.05) is 6.61 Å². The van der Waals surface area contributed by atoms with Gasteiger partial charge in [-0.25, -0.2) is 0 Å². The van der Waals surface area contributed by atoms with Crippen molar-refractivity contribution in [1.82, 2.24) is 5.43 Å². The zero-order valence-electron chi connectivity index (χ0n) is 13.8. The van der Waals surface area contributed by atoms with Crippen LogP contribution >= 0.6 is 0 Å². The van der Waals surface area contributed by atoms with Crippen LogP contribution in [0.3, 0.4) is 0 Å². The summed E-state index contributed by atoms with van der Waals surface area (Å²) in [6.07, 6.45) is 15.7. The van der Waals surface area contributed by atoms with E-state index in [2.05, 4.69) is 19.3 Å². The van der Waals surface area contributed by atoms with Crippen molar-refractivity contribution in [2.45, 2.75) is 103 Å². The molecule has 0 aromatic carbocycles. The van der Waals surface area contributed by atoms with Crippen molar-refractivity contribution < 1.29 is 4.74 Å². The second-order valence-corrected chi connectivity index (χ2v) is 6.60. The summed E-state index contributed by atoms with van der Waals surface area (Å²) >= 11 is 0. The molecule has 0 bridgehead atoms. The summed E-state index contributed by atoms with van der Waals surface area (Å²) in [5.41, 5.74) is 2.96. The van der Waals surface area contributed by atoms with Crippen LogP contribution in [0.4, 0.5) is 0 Å². The van der Waals surface area contributed by atoms with Crippen LogP contribution in [0.25, 0.3) is 0 Å². The molecule has 3 N–H and O–H groups in total. The fraction of sp³-hybridized carbons (Fsp3) is 1.00. The summed E-state index contributed by atoms with van der Waals surface area (Å²) in [6.45, 7) is 5.39. The molecule has 2 atom stereocenters. The second kappa shape index (κ2) is 10.6. The standard InChI is InChI=1S/C17H36N2O/c1-3-4-5-6-7-8-9-10-13-16(19-18)17(2)14-11-12-15-20-17/h16,19H,3-15,18H2,1-2H3. The minimum atomic E-state index is -0.0475. The zero-order chi connectivity index (χ0) is 14.7. The molecular formula is C17H36N2O. The molecule has 1 fully saturated rings. The first-order valence-corrected chi connectivity index (χ1v) is 8.83. The van der Waals surface area contributed by atoms with Crippen LogP contribution in [0.1, 0.15) is 90.9 Å². The summed E-state index contributed by atoms with van der Waals surface area (Å²) < 4.78 is 6.00. The molecule has 3 nitrogen and oxygen atoms in total. The van der Waals surface area contributed by atoms with Gasteiger partial charge in [0.1, 0.15) is 0 Å². The highest BCUT2D eigenvalue weighted by Crippen LogP contribution is 2.30. The summed E-state index contributed by atoms with van der Waals surface area (Å²) in [4.78, 5) is 0. The molecule has 1 saturated heterocycles. The minimum Gasteiger partial charge on any atom is -0.374 e. The Labute approximate surface area is 126 Å². The van der Waals surface area contributed by atoms with E-state index < -0.39 is 0 Å². The number of rotatable bonds is 11. The Balaban J connectivity index is 2.09. The van der Waals surface area contributed by atoms with Gasteiger partial charge >= 0.3 is 0 Å². The number of unbranched alkanes of at least 4 members (excludes halogenated alkanes) is 7. The maximum atomic E-state index is 6.00. The average molecular weight is 284 g/mol. The molecule has 1 rings (SSSR count). The van der Waals surface area contributed by atoms with E-state index >= 15 is 0 Å². The van der Waals surface area contributed by atoms with E-state index in [-0.39, 0.29) is 5.60 Å². The van der Waals surface area contributed by atoms with E-state index in [0.717, 1.165) is 19.4 Å². The molecule has 20 heavy (non-hydrogen) atoms. The number of ether oxygens (including phenoxy) is 1. The highest BCUT2D eigenvalue weighted by atomic mass is 16.5. The van der Waals surface area contributed by atoms with Crippen molar-refractivity contribution in [3.63, 3.8) is 0 Å². The van der Waals surface area contributed by atoms with Gasteiger partial charge in [-0.05, 0) is 32.6 Å². The predicted molar refractivity (Wildman–Crippen MR) is 86.5 cm³/mol. The van der Waals surface area contributed by atoms with Crippen molar-refractivity contribution in [1.29, 1.82) is 0 Å². The minimum absolute atomic E-state index is 0.0475. The van der Waals surface area contributed by atoms with Gasteiger partial charge in [-0.2, -0.15) is 0 Å². The Bertz CT molecular complexity index is 227. The highest BCUT2D eigenvalue weighted by molar-refractivity contribution is 4.90. The smallest absolute Gasteiger partial charge is 0.0820 e. The maximum Gasteiger partial charge on any atom is 0.0820 e. The first-order valence-electron chi connectivity index (χ1n) is 8.83. The van der Waals surface area contributed by atoms with Gasteiger partial charge in [-0.15, -0.1) is 0 Å². The normalized spacial score (nSPS) is 24.8. The molecule has 0 saturated carbocycles. The Kier molecular flexibility index (Phi) is 9.49. The molecule has 0 aromatic rings. The van der Waals surface area contributed by atoms with Gasteiger partial charge in [0.05, 0.1) is 5.60 Å². The van der Waals surface area contributed by atoms with Crippen molar-refractivity contribution >= 4 is 0 Å². The topological polar surface area (TPSA) is 47.3 Å². The molecular weight excluding hydrogens is 248 g/mol. The van der Waals surface area contributed by atoms with Crippen molar-refractivity contribution in [2.24, 2.45) is 5.84 Å². The maximum absolute atomic E-state index is 6.00. The van der Waals surface area contributed by atoms with Crippen LogP contribution in [-0.4, -0.2) is 18.2 Å². The predicted octanol–water partition coefficient (Wildman–Crippen LogP) is 4.31. The van der Waals surface area contributed by atoms with Crippen molar-refractivity contribution in [3.8, 4) is 0 Å². The van der Waals surface area contributed by atoms with E-state index in [1.54, 1.807) is 0 Å². The first-order chi connectivity index (χ1) is 9.73. The van der Waals surface area contributed by atoms with Crippen LogP contribution in [0.5, 0.6) is 0 Å². The second-order valence-electron chi connectivity index (χ2n) is 6.60. The van der Waals surface area contributed by atoms with Gasteiger partial charge in [0.15, 0.2) is 0 Å². The van der Waals surface area contributed by atoms with Gasteiger partial charge in [0, 0.05) is 12.6 Å². The van der Waals surface area contributed by atoms with E-state index in [1.807, 2.05) is 0 Å².